The van der Waals surface area contributed by atoms with Gasteiger partial charge < -0.3 is 14.6 Å². The van der Waals surface area contributed by atoms with Crippen LogP contribution in [-0.2, 0) is 0 Å². The molecule has 0 bridgehead atoms. The second-order valence-corrected chi connectivity index (χ2v) is 7.06. The molecule has 1 N–H and O–H groups in total. The number of ether oxygens (including phenoxy) is 1. The van der Waals surface area contributed by atoms with Crippen LogP contribution in [-0.4, -0.2) is 34.2 Å². The number of hydrogen-bond acceptors (Lipinski definition) is 5. The summed E-state index contributed by atoms with van der Waals surface area (Å²) in [6.07, 6.45) is 0. The zero-order valence-corrected chi connectivity index (χ0v) is 17.6. The molecule has 0 aliphatic carbocycles. The van der Waals surface area contributed by atoms with Gasteiger partial charge in [0.1, 0.15) is 11.6 Å². The van der Waals surface area contributed by atoms with Crippen molar-refractivity contribution in [3.05, 3.63) is 71.5 Å². The van der Waals surface area contributed by atoms with Crippen molar-refractivity contribution >= 4 is 11.6 Å². The highest BCUT2D eigenvalue weighted by Crippen LogP contribution is 2.37. The maximum atomic E-state index is 13.5. The number of hydrogen-bond donors (Lipinski definition) is 1. The molecule has 0 saturated heterocycles. The molecule has 0 spiro atoms. The van der Waals surface area contributed by atoms with Gasteiger partial charge in [0.05, 0.1) is 18.2 Å². The van der Waals surface area contributed by atoms with Crippen molar-refractivity contribution in [2.45, 2.75) is 26.8 Å². The average molecular weight is 422 g/mol. The van der Waals surface area contributed by atoms with E-state index in [1.807, 2.05) is 45.0 Å². The fourth-order valence-corrected chi connectivity index (χ4v) is 3.66. The number of nitrogens with zero attached hydrogens (tertiary/aromatic N) is 3. The summed E-state index contributed by atoms with van der Waals surface area (Å²) in [5.41, 5.74) is 2.89. The Kier molecular flexibility index (Phi) is 5.70. The SMILES string of the molecule is CCOc1ccc(-c2noc(C3=C(C)N(CC)C(=O)NC3c3ccc(F)cc3)n2)cc1. The number of carbonyl (C=O) groups is 1. The molecule has 31 heavy (non-hydrogen) atoms. The van der Waals surface area contributed by atoms with Gasteiger partial charge in [0, 0.05) is 17.8 Å². The number of halogens is 1. The van der Waals surface area contributed by atoms with E-state index in [9.17, 15) is 9.18 Å². The highest BCUT2D eigenvalue weighted by Gasteiger charge is 2.35. The van der Waals surface area contributed by atoms with Crippen molar-refractivity contribution in [3.63, 3.8) is 0 Å². The van der Waals surface area contributed by atoms with Crippen LogP contribution in [0.2, 0.25) is 0 Å². The molecule has 2 aromatic carbocycles. The lowest BCUT2D eigenvalue weighted by molar-refractivity contribution is 0.207. The minimum Gasteiger partial charge on any atom is -0.494 e. The Balaban J connectivity index is 1.74. The third-order valence-electron chi connectivity index (χ3n) is 5.20. The maximum absolute atomic E-state index is 13.5. The quantitative estimate of drug-likeness (QED) is 0.618. The molecule has 2 amide bonds. The highest BCUT2D eigenvalue weighted by molar-refractivity contribution is 5.86. The Morgan fingerprint density at radius 3 is 2.48 bits per heavy atom. The first kappa shape index (κ1) is 20.6. The summed E-state index contributed by atoms with van der Waals surface area (Å²) in [7, 11) is 0. The lowest BCUT2D eigenvalue weighted by Crippen LogP contribution is -2.45. The van der Waals surface area contributed by atoms with E-state index in [2.05, 4.69) is 15.5 Å². The Labute approximate surface area is 179 Å². The van der Waals surface area contributed by atoms with Crippen LogP contribution in [0.1, 0.15) is 38.3 Å². The lowest BCUT2D eigenvalue weighted by atomic mass is 9.94. The molecule has 1 aromatic heterocycles. The Hall–Kier alpha value is -3.68. The van der Waals surface area contributed by atoms with Crippen molar-refractivity contribution in [1.82, 2.24) is 20.4 Å². The minimum absolute atomic E-state index is 0.232. The average Bonchev–Trinajstić information content (AvgIpc) is 3.24. The summed E-state index contributed by atoms with van der Waals surface area (Å²) in [6, 6.07) is 12.6. The van der Waals surface area contributed by atoms with Gasteiger partial charge in [-0.25, -0.2) is 9.18 Å². The summed E-state index contributed by atoms with van der Waals surface area (Å²) in [5.74, 6) is 1.14. The second kappa shape index (κ2) is 8.59. The summed E-state index contributed by atoms with van der Waals surface area (Å²) < 4.78 is 24.5. The van der Waals surface area contributed by atoms with Gasteiger partial charge in [0.25, 0.3) is 5.89 Å². The Morgan fingerprint density at radius 1 is 1.13 bits per heavy atom. The van der Waals surface area contributed by atoms with Gasteiger partial charge in [-0.2, -0.15) is 4.98 Å². The third-order valence-corrected chi connectivity index (χ3v) is 5.20. The zero-order valence-electron chi connectivity index (χ0n) is 17.6. The second-order valence-electron chi connectivity index (χ2n) is 7.06. The molecular weight excluding hydrogens is 399 g/mol. The number of aromatic nitrogens is 2. The van der Waals surface area contributed by atoms with Crippen molar-refractivity contribution in [2.75, 3.05) is 13.2 Å². The van der Waals surface area contributed by atoms with Crippen LogP contribution in [0.25, 0.3) is 17.0 Å². The van der Waals surface area contributed by atoms with Crippen LogP contribution in [0.4, 0.5) is 9.18 Å². The van der Waals surface area contributed by atoms with Gasteiger partial charge >= 0.3 is 6.03 Å². The summed E-state index contributed by atoms with van der Waals surface area (Å²) in [6.45, 7) is 6.73. The molecule has 1 unspecified atom stereocenters. The summed E-state index contributed by atoms with van der Waals surface area (Å²) >= 11 is 0. The molecule has 2 heterocycles. The van der Waals surface area contributed by atoms with Crippen LogP contribution >= 0.6 is 0 Å². The van der Waals surface area contributed by atoms with Crippen LogP contribution in [0.3, 0.4) is 0 Å². The van der Waals surface area contributed by atoms with Crippen LogP contribution in [0.15, 0.2) is 58.8 Å². The van der Waals surface area contributed by atoms with E-state index in [0.29, 0.717) is 36.1 Å². The van der Waals surface area contributed by atoms with E-state index in [0.717, 1.165) is 16.9 Å². The molecule has 160 valence electrons. The molecule has 4 rings (SSSR count). The van der Waals surface area contributed by atoms with E-state index in [1.54, 1.807) is 17.0 Å². The topological polar surface area (TPSA) is 80.5 Å². The van der Waals surface area contributed by atoms with Gasteiger partial charge in [-0.3, -0.25) is 4.90 Å². The predicted octanol–water partition coefficient (Wildman–Crippen LogP) is 4.79. The van der Waals surface area contributed by atoms with E-state index in [-0.39, 0.29) is 11.8 Å². The van der Waals surface area contributed by atoms with Gasteiger partial charge in [-0.1, -0.05) is 17.3 Å². The number of allylic oxidation sites excluding steroid dienone is 1. The Bertz CT molecular complexity index is 1110. The number of urea groups is 1. The predicted molar refractivity (Wildman–Crippen MR) is 114 cm³/mol. The van der Waals surface area contributed by atoms with Crippen molar-refractivity contribution < 1.29 is 18.4 Å². The largest absolute Gasteiger partial charge is 0.494 e. The molecule has 7 nitrogen and oxygen atoms in total. The van der Waals surface area contributed by atoms with Gasteiger partial charge in [0.2, 0.25) is 5.82 Å². The van der Waals surface area contributed by atoms with Gasteiger partial charge in [-0.05, 0) is 62.7 Å². The first-order valence-electron chi connectivity index (χ1n) is 10.1. The number of rotatable bonds is 6. The molecule has 1 aliphatic rings. The molecule has 1 atom stereocenters. The van der Waals surface area contributed by atoms with Crippen molar-refractivity contribution in [3.8, 4) is 17.1 Å². The molecular formula is C23H23FN4O3. The monoisotopic (exact) mass is 422 g/mol. The van der Waals surface area contributed by atoms with Crippen LogP contribution < -0.4 is 10.1 Å². The van der Waals surface area contributed by atoms with Crippen molar-refractivity contribution in [2.24, 2.45) is 0 Å². The van der Waals surface area contributed by atoms with E-state index >= 15 is 0 Å². The third kappa shape index (κ3) is 4.01. The molecule has 1 aliphatic heterocycles. The number of benzene rings is 2. The lowest BCUT2D eigenvalue weighted by Gasteiger charge is -2.34. The normalized spacial score (nSPS) is 16.5. The molecule has 0 fully saturated rings. The summed E-state index contributed by atoms with van der Waals surface area (Å²) in [4.78, 5) is 18.8. The molecule has 8 heteroatoms. The smallest absolute Gasteiger partial charge is 0.322 e. The molecule has 0 saturated carbocycles. The first-order chi connectivity index (χ1) is 15.0. The Morgan fingerprint density at radius 2 is 1.84 bits per heavy atom. The van der Waals surface area contributed by atoms with Crippen LogP contribution in [0, 0.1) is 5.82 Å². The first-order valence-corrected chi connectivity index (χ1v) is 10.1. The number of nitrogens with one attached hydrogen (secondary N) is 1. The zero-order chi connectivity index (χ0) is 22.0. The highest BCUT2D eigenvalue weighted by atomic mass is 19.1. The van der Waals surface area contributed by atoms with E-state index in [1.165, 1.54) is 12.1 Å². The van der Waals surface area contributed by atoms with E-state index < -0.39 is 6.04 Å². The van der Waals surface area contributed by atoms with Gasteiger partial charge in [-0.15, -0.1) is 0 Å². The number of carbonyl (C=O) groups excluding carboxylic acids is 1. The fourth-order valence-electron chi connectivity index (χ4n) is 3.66. The fraction of sp³-hybridized carbons (Fsp3) is 0.261. The van der Waals surface area contributed by atoms with Crippen molar-refractivity contribution in [1.29, 1.82) is 0 Å². The summed E-state index contributed by atoms with van der Waals surface area (Å²) in [5, 5.41) is 7.10. The van der Waals surface area contributed by atoms with Crippen LogP contribution in [0.5, 0.6) is 5.75 Å². The number of amides is 2. The van der Waals surface area contributed by atoms with Gasteiger partial charge in [0.15, 0.2) is 0 Å². The molecule has 3 aromatic rings. The maximum Gasteiger partial charge on any atom is 0.322 e. The minimum atomic E-state index is -0.537. The standard InChI is InChI=1S/C23H23FN4O3/c1-4-28-14(3)19(20(25-23(28)29)15-6-10-17(24)11-7-15)22-26-21(27-31-22)16-8-12-18(13-9-16)30-5-2/h6-13,20H,4-5H2,1-3H3,(H,25,29). The molecule has 0 radical (unpaired) electrons. The van der Waals surface area contributed by atoms with E-state index in [4.69, 9.17) is 9.26 Å².